The molecule has 0 aliphatic rings. The third-order valence-corrected chi connectivity index (χ3v) is 2.25. The minimum Gasteiger partial charge on any atom is -0.466 e. The number of ether oxygens (including phenoxy) is 2. The van der Waals surface area contributed by atoms with Gasteiger partial charge in [-0.05, 0) is 20.3 Å². The largest absolute Gasteiger partial charge is 0.466 e. The van der Waals surface area contributed by atoms with E-state index in [1.807, 2.05) is 13.8 Å². The van der Waals surface area contributed by atoms with Crippen molar-refractivity contribution in [2.45, 2.75) is 52.1 Å². The second-order valence-electron chi connectivity index (χ2n) is 4.04. The molecule has 0 saturated carbocycles. The maximum Gasteiger partial charge on any atom is 0.305 e. The standard InChI is InChI=1S/C11H22O3/c1-5-6-7-10(12)14-9-8-11(2,3)13-4/h5-9H2,1-4H3. The number of unbranched alkanes of at least 4 members (excludes halogenated alkanes) is 1. The van der Waals surface area contributed by atoms with Crippen molar-refractivity contribution >= 4 is 5.97 Å². The first-order valence-electron chi connectivity index (χ1n) is 5.22. The van der Waals surface area contributed by atoms with Crippen molar-refractivity contribution in [2.24, 2.45) is 0 Å². The van der Waals surface area contributed by atoms with Crippen LogP contribution in [-0.4, -0.2) is 25.3 Å². The van der Waals surface area contributed by atoms with Crippen LogP contribution in [0.2, 0.25) is 0 Å². The molecule has 3 nitrogen and oxygen atoms in total. The summed E-state index contributed by atoms with van der Waals surface area (Å²) >= 11 is 0. The minimum atomic E-state index is -0.203. The summed E-state index contributed by atoms with van der Waals surface area (Å²) in [6.07, 6.45) is 3.20. The zero-order valence-electron chi connectivity index (χ0n) is 9.76. The Hall–Kier alpha value is -0.570. The predicted molar refractivity (Wildman–Crippen MR) is 56.2 cm³/mol. The zero-order valence-corrected chi connectivity index (χ0v) is 9.76. The third-order valence-electron chi connectivity index (χ3n) is 2.25. The highest BCUT2D eigenvalue weighted by Gasteiger charge is 2.16. The second-order valence-corrected chi connectivity index (χ2v) is 4.04. The number of methoxy groups -OCH3 is 1. The van der Waals surface area contributed by atoms with Gasteiger partial charge in [0.05, 0.1) is 12.2 Å². The molecule has 0 radical (unpaired) electrons. The quantitative estimate of drug-likeness (QED) is 0.595. The van der Waals surface area contributed by atoms with Gasteiger partial charge in [0, 0.05) is 20.0 Å². The number of hydrogen-bond donors (Lipinski definition) is 0. The van der Waals surface area contributed by atoms with Gasteiger partial charge in [-0.3, -0.25) is 4.79 Å². The summed E-state index contributed by atoms with van der Waals surface area (Å²) in [6, 6.07) is 0. The van der Waals surface area contributed by atoms with Crippen LogP contribution in [0.1, 0.15) is 46.5 Å². The summed E-state index contributed by atoms with van der Waals surface area (Å²) < 4.78 is 10.3. The number of rotatable bonds is 7. The number of esters is 1. The Morgan fingerprint density at radius 3 is 2.50 bits per heavy atom. The van der Waals surface area contributed by atoms with Gasteiger partial charge in [-0.15, -0.1) is 0 Å². The Morgan fingerprint density at radius 1 is 1.36 bits per heavy atom. The van der Waals surface area contributed by atoms with E-state index in [0.717, 1.165) is 19.3 Å². The van der Waals surface area contributed by atoms with Crippen LogP contribution in [0.4, 0.5) is 0 Å². The first-order chi connectivity index (χ1) is 6.52. The second kappa shape index (κ2) is 6.82. The smallest absolute Gasteiger partial charge is 0.305 e. The van der Waals surface area contributed by atoms with Crippen LogP contribution in [0.15, 0.2) is 0 Å². The first kappa shape index (κ1) is 13.4. The lowest BCUT2D eigenvalue weighted by Gasteiger charge is -2.22. The van der Waals surface area contributed by atoms with E-state index in [2.05, 4.69) is 6.92 Å². The van der Waals surface area contributed by atoms with Gasteiger partial charge < -0.3 is 9.47 Å². The summed E-state index contributed by atoms with van der Waals surface area (Å²) in [5.74, 6) is -0.0984. The van der Waals surface area contributed by atoms with Crippen molar-refractivity contribution in [1.82, 2.24) is 0 Å². The Morgan fingerprint density at radius 2 is 2.00 bits per heavy atom. The maximum atomic E-state index is 11.1. The van der Waals surface area contributed by atoms with Gasteiger partial charge in [-0.25, -0.2) is 0 Å². The van der Waals surface area contributed by atoms with Gasteiger partial charge in [-0.1, -0.05) is 13.3 Å². The lowest BCUT2D eigenvalue weighted by Crippen LogP contribution is -2.25. The summed E-state index contributed by atoms with van der Waals surface area (Å²) in [5.41, 5.74) is -0.203. The van der Waals surface area contributed by atoms with E-state index in [1.165, 1.54) is 0 Å². The molecule has 0 aliphatic heterocycles. The van der Waals surface area contributed by atoms with Crippen LogP contribution in [0.3, 0.4) is 0 Å². The highest BCUT2D eigenvalue weighted by atomic mass is 16.5. The highest BCUT2D eigenvalue weighted by molar-refractivity contribution is 5.69. The van der Waals surface area contributed by atoms with Gasteiger partial charge in [0.25, 0.3) is 0 Å². The molecule has 0 spiro atoms. The fraction of sp³-hybridized carbons (Fsp3) is 0.909. The molecule has 0 heterocycles. The molecule has 0 aromatic carbocycles. The Kier molecular flexibility index (Phi) is 6.54. The number of carbonyl (C=O) groups excluding carboxylic acids is 1. The van der Waals surface area contributed by atoms with Gasteiger partial charge in [0.1, 0.15) is 0 Å². The third kappa shape index (κ3) is 6.89. The molecule has 0 unspecified atom stereocenters. The van der Waals surface area contributed by atoms with Crippen molar-refractivity contribution < 1.29 is 14.3 Å². The molecule has 0 fully saturated rings. The lowest BCUT2D eigenvalue weighted by atomic mass is 10.1. The van der Waals surface area contributed by atoms with Crippen molar-refractivity contribution in [1.29, 1.82) is 0 Å². The highest BCUT2D eigenvalue weighted by Crippen LogP contribution is 2.12. The van der Waals surface area contributed by atoms with Gasteiger partial charge in [0.15, 0.2) is 0 Å². The molecule has 0 aliphatic carbocycles. The normalized spacial score (nSPS) is 11.4. The zero-order chi connectivity index (χ0) is 11.0. The fourth-order valence-electron chi connectivity index (χ4n) is 0.906. The number of carbonyl (C=O) groups is 1. The molecule has 3 heteroatoms. The molecular weight excluding hydrogens is 180 g/mol. The van der Waals surface area contributed by atoms with E-state index in [9.17, 15) is 4.79 Å². The monoisotopic (exact) mass is 202 g/mol. The Bertz CT molecular complexity index is 164. The molecule has 84 valence electrons. The van der Waals surface area contributed by atoms with Crippen LogP contribution >= 0.6 is 0 Å². The van der Waals surface area contributed by atoms with Crippen molar-refractivity contribution in [3.8, 4) is 0 Å². The summed E-state index contributed by atoms with van der Waals surface area (Å²) in [5, 5.41) is 0. The van der Waals surface area contributed by atoms with Crippen molar-refractivity contribution in [3.63, 3.8) is 0 Å². The van der Waals surface area contributed by atoms with E-state index in [-0.39, 0.29) is 11.6 Å². The van der Waals surface area contributed by atoms with E-state index in [4.69, 9.17) is 9.47 Å². The SMILES string of the molecule is CCCCC(=O)OCCC(C)(C)OC. The van der Waals surface area contributed by atoms with Crippen LogP contribution in [-0.2, 0) is 14.3 Å². The minimum absolute atomic E-state index is 0.0984. The average Bonchev–Trinajstić information content (AvgIpc) is 2.14. The van der Waals surface area contributed by atoms with Crippen LogP contribution in [0.5, 0.6) is 0 Å². The molecule has 0 amide bonds. The van der Waals surface area contributed by atoms with Gasteiger partial charge in [0.2, 0.25) is 0 Å². The predicted octanol–water partition coefficient (Wildman–Crippen LogP) is 2.53. The van der Waals surface area contributed by atoms with E-state index in [1.54, 1.807) is 7.11 Å². The van der Waals surface area contributed by atoms with Crippen molar-refractivity contribution in [2.75, 3.05) is 13.7 Å². The molecule has 0 aromatic rings. The van der Waals surface area contributed by atoms with Crippen LogP contribution in [0.25, 0.3) is 0 Å². The van der Waals surface area contributed by atoms with Crippen LogP contribution < -0.4 is 0 Å². The summed E-state index contributed by atoms with van der Waals surface area (Å²) in [4.78, 5) is 11.1. The topological polar surface area (TPSA) is 35.5 Å². The Labute approximate surface area is 86.8 Å². The number of hydrogen-bond acceptors (Lipinski definition) is 3. The van der Waals surface area contributed by atoms with E-state index in [0.29, 0.717) is 13.0 Å². The molecule has 0 N–H and O–H groups in total. The molecule has 0 aromatic heterocycles. The fourth-order valence-corrected chi connectivity index (χ4v) is 0.906. The molecule has 0 bridgehead atoms. The maximum absolute atomic E-state index is 11.1. The molecule has 0 rings (SSSR count). The molecule has 14 heavy (non-hydrogen) atoms. The molecule has 0 atom stereocenters. The van der Waals surface area contributed by atoms with Gasteiger partial charge >= 0.3 is 5.97 Å². The first-order valence-corrected chi connectivity index (χ1v) is 5.22. The van der Waals surface area contributed by atoms with E-state index < -0.39 is 0 Å². The van der Waals surface area contributed by atoms with Gasteiger partial charge in [-0.2, -0.15) is 0 Å². The lowest BCUT2D eigenvalue weighted by molar-refractivity contribution is -0.145. The van der Waals surface area contributed by atoms with Crippen LogP contribution in [0, 0.1) is 0 Å². The Balaban J connectivity index is 3.49. The molecular formula is C11H22O3. The summed E-state index contributed by atoms with van der Waals surface area (Å²) in [7, 11) is 1.67. The summed E-state index contributed by atoms with van der Waals surface area (Å²) in [6.45, 7) is 6.46. The van der Waals surface area contributed by atoms with E-state index >= 15 is 0 Å². The average molecular weight is 202 g/mol. The van der Waals surface area contributed by atoms with Crippen molar-refractivity contribution in [3.05, 3.63) is 0 Å². The molecule has 0 saturated heterocycles.